The van der Waals surface area contributed by atoms with Crippen LogP contribution in [-0.4, -0.2) is 45.7 Å². The molecule has 0 N–H and O–H groups in total. The van der Waals surface area contributed by atoms with E-state index in [0.29, 0.717) is 11.5 Å². The molecule has 0 saturated carbocycles. The summed E-state index contributed by atoms with van der Waals surface area (Å²) in [5, 5.41) is 18.3. The Kier molecular flexibility index (Phi) is 5.63. The molecule has 0 aliphatic rings. The van der Waals surface area contributed by atoms with E-state index in [1.54, 1.807) is 18.2 Å². The van der Waals surface area contributed by atoms with Crippen LogP contribution in [-0.2, 0) is 6.54 Å². The summed E-state index contributed by atoms with van der Waals surface area (Å²) in [4.78, 5) is 34.8. The quantitative estimate of drug-likeness (QED) is 0.246. The molecular weight excluding hydrogens is 380 g/mol. The van der Waals surface area contributed by atoms with Crippen LogP contribution < -0.4 is 9.47 Å². The number of aromatic nitrogens is 3. The Morgan fingerprint density at radius 1 is 1.03 bits per heavy atom. The molecule has 148 valence electrons. The molecular formula is C19H16N4O6. The molecule has 29 heavy (non-hydrogen) atoms. The first kappa shape index (κ1) is 19.7. The van der Waals surface area contributed by atoms with E-state index in [1.165, 1.54) is 37.2 Å². The molecule has 0 saturated heterocycles. The van der Waals surface area contributed by atoms with Crippen molar-refractivity contribution >= 4 is 17.3 Å². The van der Waals surface area contributed by atoms with Gasteiger partial charge in [0, 0.05) is 23.8 Å². The van der Waals surface area contributed by atoms with Crippen LogP contribution in [0.15, 0.2) is 48.7 Å². The maximum atomic E-state index is 12.4. The number of nitrogens with zero attached hydrogens (tertiary/aromatic N) is 4. The molecule has 3 aromatic rings. The number of methoxy groups -OCH3 is 2. The number of hydrogen-bond acceptors (Lipinski definition) is 8. The predicted molar refractivity (Wildman–Crippen MR) is 100 cm³/mol. The standard InChI is InChI=1S/C19H16N4O6/c1-28-15-7-12(8-16(9-15)29-2)10-22-11-17(20-21-22)19(25)18(24)13-3-5-14(6-4-13)23(26)27/h3-9,11H,10H2,1-2H3. The van der Waals surface area contributed by atoms with Gasteiger partial charge < -0.3 is 9.47 Å². The number of carbonyl (C=O) groups is 2. The van der Waals surface area contributed by atoms with Gasteiger partial charge in [-0.3, -0.25) is 19.7 Å². The molecule has 0 radical (unpaired) electrons. The lowest BCUT2D eigenvalue weighted by molar-refractivity contribution is -0.384. The van der Waals surface area contributed by atoms with Gasteiger partial charge in [-0.25, -0.2) is 4.68 Å². The largest absolute Gasteiger partial charge is 0.497 e. The van der Waals surface area contributed by atoms with Gasteiger partial charge in [0.15, 0.2) is 5.69 Å². The third kappa shape index (κ3) is 4.43. The zero-order chi connectivity index (χ0) is 21.0. The van der Waals surface area contributed by atoms with Crippen molar-refractivity contribution in [2.24, 2.45) is 0 Å². The number of Topliss-reactive ketones (excluding diaryl/α,β-unsaturated/α-hetero) is 2. The monoisotopic (exact) mass is 396 g/mol. The number of ketones is 2. The molecule has 0 spiro atoms. The number of non-ortho nitro benzene ring substituents is 1. The van der Waals surface area contributed by atoms with Crippen LogP contribution in [0.4, 0.5) is 5.69 Å². The Labute approximate surface area is 164 Å². The number of nitro groups is 1. The number of hydrogen-bond donors (Lipinski definition) is 0. The van der Waals surface area contributed by atoms with Crippen molar-refractivity contribution in [3.8, 4) is 11.5 Å². The first-order chi connectivity index (χ1) is 13.9. The smallest absolute Gasteiger partial charge is 0.269 e. The van der Waals surface area contributed by atoms with Crippen molar-refractivity contribution in [3.63, 3.8) is 0 Å². The van der Waals surface area contributed by atoms with Gasteiger partial charge >= 0.3 is 0 Å². The van der Waals surface area contributed by atoms with E-state index in [1.807, 2.05) is 0 Å². The van der Waals surface area contributed by atoms with Gasteiger partial charge in [-0.15, -0.1) is 5.10 Å². The molecule has 0 bridgehead atoms. The average molecular weight is 396 g/mol. The highest BCUT2D eigenvalue weighted by Gasteiger charge is 2.22. The Morgan fingerprint density at radius 2 is 1.66 bits per heavy atom. The molecule has 0 fully saturated rings. The SMILES string of the molecule is COc1cc(Cn2cc(C(=O)C(=O)c3ccc([N+](=O)[O-])cc3)nn2)cc(OC)c1. The van der Waals surface area contributed by atoms with Crippen LogP contribution >= 0.6 is 0 Å². The molecule has 0 unspecified atom stereocenters. The fourth-order valence-corrected chi connectivity index (χ4v) is 2.61. The fourth-order valence-electron chi connectivity index (χ4n) is 2.61. The van der Waals surface area contributed by atoms with Crippen molar-refractivity contribution in [2.75, 3.05) is 14.2 Å². The molecule has 0 amide bonds. The van der Waals surface area contributed by atoms with Crippen LogP contribution in [0.2, 0.25) is 0 Å². The normalized spacial score (nSPS) is 10.4. The van der Waals surface area contributed by atoms with Crippen LogP contribution in [0.1, 0.15) is 26.4 Å². The highest BCUT2D eigenvalue weighted by atomic mass is 16.6. The molecule has 1 aromatic heterocycles. The third-order valence-corrected chi connectivity index (χ3v) is 4.07. The first-order valence-corrected chi connectivity index (χ1v) is 8.37. The first-order valence-electron chi connectivity index (χ1n) is 8.37. The lowest BCUT2D eigenvalue weighted by atomic mass is 10.1. The average Bonchev–Trinajstić information content (AvgIpc) is 3.20. The number of benzene rings is 2. The van der Waals surface area contributed by atoms with Gasteiger partial charge in [-0.1, -0.05) is 5.21 Å². The molecule has 10 nitrogen and oxygen atoms in total. The lowest BCUT2D eigenvalue weighted by Gasteiger charge is -2.08. The fraction of sp³-hybridized carbons (Fsp3) is 0.158. The predicted octanol–water partition coefficient (Wildman–Crippen LogP) is 2.32. The third-order valence-electron chi connectivity index (χ3n) is 4.07. The number of nitro benzene ring substituents is 1. The Morgan fingerprint density at radius 3 is 2.21 bits per heavy atom. The van der Waals surface area contributed by atoms with Crippen LogP contribution in [0.3, 0.4) is 0 Å². The highest BCUT2D eigenvalue weighted by Crippen LogP contribution is 2.23. The molecule has 0 aliphatic carbocycles. The Hall–Kier alpha value is -4.08. The van der Waals surface area contributed by atoms with Gasteiger partial charge in [0.05, 0.1) is 31.9 Å². The zero-order valence-corrected chi connectivity index (χ0v) is 15.6. The summed E-state index contributed by atoms with van der Waals surface area (Å²) in [6.45, 7) is 0.277. The van der Waals surface area contributed by atoms with Crippen LogP contribution in [0.5, 0.6) is 11.5 Å². The minimum absolute atomic E-state index is 0.0349. The van der Waals surface area contributed by atoms with E-state index in [0.717, 1.165) is 17.7 Å². The van der Waals surface area contributed by atoms with Gasteiger partial charge in [0.1, 0.15) is 11.5 Å². The summed E-state index contributed by atoms with van der Waals surface area (Å²) in [6.07, 6.45) is 1.36. The van der Waals surface area contributed by atoms with E-state index in [2.05, 4.69) is 10.3 Å². The minimum atomic E-state index is -0.853. The van der Waals surface area contributed by atoms with E-state index in [4.69, 9.17) is 9.47 Å². The second kappa shape index (κ2) is 8.30. The second-order valence-corrected chi connectivity index (χ2v) is 5.98. The van der Waals surface area contributed by atoms with Gasteiger partial charge in [0.25, 0.3) is 11.5 Å². The van der Waals surface area contributed by atoms with E-state index in [-0.39, 0.29) is 23.5 Å². The molecule has 1 heterocycles. The van der Waals surface area contributed by atoms with Gasteiger partial charge in [-0.2, -0.15) is 0 Å². The molecule has 10 heteroatoms. The summed E-state index contributed by atoms with van der Waals surface area (Å²) in [5.41, 5.74) is 0.538. The number of carbonyl (C=O) groups excluding carboxylic acids is 2. The summed E-state index contributed by atoms with van der Waals surface area (Å²) in [5.74, 6) is -0.475. The molecule has 3 rings (SSSR count). The highest BCUT2D eigenvalue weighted by molar-refractivity contribution is 6.48. The van der Waals surface area contributed by atoms with E-state index >= 15 is 0 Å². The number of rotatable bonds is 8. The van der Waals surface area contributed by atoms with Crippen LogP contribution in [0, 0.1) is 10.1 Å². The topological polar surface area (TPSA) is 126 Å². The van der Waals surface area contributed by atoms with Crippen molar-refractivity contribution in [1.82, 2.24) is 15.0 Å². The van der Waals surface area contributed by atoms with E-state index in [9.17, 15) is 19.7 Å². The summed E-state index contributed by atoms with van der Waals surface area (Å²) >= 11 is 0. The van der Waals surface area contributed by atoms with Gasteiger partial charge in [0.2, 0.25) is 5.78 Å². The van der Waals surface area contributed by atoms with Crippen molar-refractivity contribution in [1.29, 1.82) is 0 Å². The molecule has 0 atom stereocenters. The van der Waals surface area contributed by atoms with Crippen molar-refractivity contribution in [3.05, 3.63) is 75.6 Å². The van der Waals surface area contributed by atoms with Crippen molar-refractivity contribution in [2.45, 2.75) is 6.54 Å². The zero-order valence-electron chi connectivity index (χ0n) is 15.6. The number of ether oxygens (including phenoxy) is 2. The second-order valence-electron chi connectivity index (χ2n) is 5.98. The summed E-state index contributed by atoms with van der Waals surface area (Å²) in [6, 6.07) is 10.1. The minimum Gasteiger partial charge on any atom is -0.497 e. The summed E-state index contributed by atoms with van der Waals surface area (Å²) < 4.78 is 11.8. The molecule has 2 aromatic carbocycles. The maximum absolute atomic E-state index is 12.4. The van der Waals surface area contributed by atoms with E-state index < -0.39 is 16.5 Å². The van der Waals surface area contributed by atoms with Crippen LogP contribution in [0.25, 0.3) is 0 Å². The lowest BCUT2D eigenvalue weighted by Crippen LogP contribution is -2.15. The van der Waals surface area contributed by atoms with Crippen molar-refractivity contribution < 1.29 is 24.0 Å². The maximum Gasteiger partial charge on any atom is 0.269 e. The van der Waals surface area contributed by atoms with Gasteiger partial charge in [-0.05, 0) is 29.8 Å². The summed E-state index contributed by atoms with van der Waals surface area (Å²) in [7, 11) is 3.07. The molecule has 0 aliphatic heterocycles. The Bertz CT molecular complexity index is 1050. The Balaban J connectivity index is 1.76.